The lowest BCUT2D eigenvalue weighted by atomic mass is 10.1. The summed E-state index contributed by atoms with van der Waals surface area (Å²) < 4.78 is 5.36. The van der Waals surface area contributed by atoms with Gasteiger partial charge in [-0.05, 0) is 24.5 Å². The van der Waals surface area contributed by atoms with E-state index in [9.17, 15) is 4.79 Å². The SMILES string of the molecule is NCc1ccccc1C(=O)NOC1CCCCO1. The van der Waals surface area contributed by atoms with Gasteiger partial charge in [-0.2, -0.15) is 0 Å². The number of rotatable bonds is 4. The highest BCUT2D eigenvalue weighted by Gasteiger charge is 2.17. The molecule has 0 saturated carbocycles. The van der Waals surface area contributed by atoms with Crippen molar-refractivity contribution in [3.05, 3.63) is 35.4 Å². The summed E-state index contributed by atoms with van der Waals surface area (Å²) in [5.41, 5.74) is 9.34. The van der Waals surface area contributed by atoms with Gasteiger partial charge in [-0.1, -0.05) is 18.2 Å². The molecule has 1 fully saturated rings. The van der Waals surface area contributed by atoms with Crippen molar-refractivity contribution in [3.63, 3.8) is 0 Å². The van der Waals surface area contributed by atoms with Gasteiger partial charge in [0.05, 0.1) is 0 Å². The molecule has 1 atom stereocenters. The van der Waals surface area contributed by atoms with Crippen molar-refractivity contribution in [2.24, 2.45) is 5.73 Å². The fraction of sp³-hybridized carbons (Fsp3) is 0.462. The van der Waals surface area contributed by atoms with Gasteiger partial charge >= 0.3 is 0 Å². The topological polar surface area (TPSA) is 73.6 Å². The maximum Gasteiger partial charge on any atom is 0.275 e. The molecule has 0 aromatic heterocycles. The predicted molar refractivity (Wildman–Crippen MR) is 66.5 cm³/mol. The van der Waals surface area contributed by atoms with Crippen molar-refractivity contribution < 1.29 is 14.4 Å². The first-order valence-electron chi connectivity index (χ1n) is 6.17. The van der Waals surface area contributed by atoms with Crippen LogP contribution in [0.1, 0.15) is 35.2 Å². The first kappa shape index (κ1) is 13.0. The van der Waals surface area contributed by atoms with E-state index in [1.54, 1.807) is 12.1 Å². The van der Waals surface area contributed by atoms with Gasteiger partial charge in [-0.3, -0.25) is 4.79 Å². The van der Waals surface area contributed by atoms with E-state index in [0.29, 0.717) is 18.7 Å². The lowest BCUT2D eigenvalue weighted by Crippen LogP contribution is -2.33. The molecule has 1 unspecified atom stereocenters. The lowest BCUT2D eigenvalue weighted by molar-refractivity contribution is -0.186. The lowest BCUT2D eigenvalue weighted by Gasteiger charge is -2.22. The van der Waals surface area contributed by atoms with Crippen molar-refractivity contribution >= 4 is 5.91 Å². The summed E-state index contributed by atoms with van der Waals surface area (Å²) in [7, 11) is 0. The van der Waals surface area contributed by atoms with Gasteiger partial charge in [-0.25, -0.2) is 10.3 Å². The first-order valence-corrected chi connectivity index (χ1v) is 6.17. The standard InChI is InChI=1S/C13H18N2O3/c14-9-10-5-1-2-6-11(10)13(16)15-18-12-7-3-4-8-17-12/h1-2,5-6,12H,3-4,7-9,14H2,(H,15,16). The summed E-state index contributed by atoms with van der Waals surface area (Å²) in [6.07, 6.45) is 2.57. The largest absolute Gasteiger partial charge is 0.350 e. The van der Waals surface area contributed by atoms with E-state index in [1.165, 1.54) is 0 Å². The van der Waals surface area contributed by atoms with Crippen LogP contribution in [0.15, 0.2) is 24.3 Å². The smallest absolute Gasteiger partial charge is 0.275 e. The van der Waals surface area contributed by atoms with E-state index in [0.717, 1.165) is 24.8 Å². The molecule has 2 rings (SSSR count). The zero-order valence-electron chi connectivity index (χ0n) is 10.2. The van der Waals surface area contributed by atoms with E-state index in [-0.39, 0.29) is 12.2 Å². The second-order valence-corrected chi connectivity index (χ2v) is 4.21. The van der Waals surface area contributed by atoms with Crippen molar-refractivity contribution in [1.82, 2.24) is 5.48 Å². The predicted octanol–water partition coefficient (Wildman–Crippen LogP) is 1.33. The number of hydrogen-bond donors (Lipinski definition) is 2. The highest BCUT2D eigenvalue weighted by atomic mass is 16.8. The number of ether oxygens (including phenoxy) is 1. The number of carbonyl (C=O) groups excluding carboxylic acids is 1. The van der Waals surface area contributed by atoms with Gasteiger partial charge in [-0.15, -0.1) is 0 Å². The molecule has 0 spiro atoms. The fourth-order valence-corrected chi connectivity index (χ4v) is 1.90. The van der Waals surface area contributed by atoms with Gasteiger partial charge in [0.15, 0.2) is 6.29 Å². The maximum atomic E-state index is 11.9. The van der Waals surface area contributed by atoms with Crippen molar-refractivity contribution in [3.8, 4) is 0 Å². The van der Waals surface area contributed by atoms with Crippen LogP contribution in [0.25, 0.3) is 0 Å². The summed E-state index contributed by atoms with van der Waals surface area (Å²) in [6.45, 7) is 1.00. The third kappa shape index (κ3) is 3.29. The van der Waals surface area contributed by atoms with Crippen LogP contribution in [0.2, 0.25) is 0 Å². The molecule has 1 aliphatic heterocycles. The third-order valence-electron chi connectivity index (χ3n) is 2.90. The van der Waals surface area contributed by atoms with Crippen LogP contribution in [-0.2, 0) is 16.1 Å². The molecule has 18 heavy (non-hydrogen) atoms. The number of nitrogens with one attached hydrogen (secondary N) is 1. The van der Waals surface area contributed by atoms with Crippen LogP contribution >= 0.6 is 0 Å². The van der Waals surface area contributed by atoms with Gasteiger partial charge in [0.1, 0.15) is 0 Å². The molecular formula is C13H18N2O3. The Labute approximate surface area is 106 Å². The van der Waals surface area contributed by atoms with Crippen LogP contribution < -0.4 is 11.2 Å². The highest BCUT2D eigenvalue weighted by Crippen LogP contribution is 2.13. The molecule has 5 nitrogen and oxygen atoms in total. The zero-order chi connectivity index (χ0) is 12.8. The quantitative estimate of drug-likeness (QED) is 0.791. The summed E-state index contributed by atoms with van der Waals surface area (Å²) in [5.74, 6) is -0.287. The average molecular weight is 250 g/mol. The summed E-state index contributed by atoms with van der Waals surface area (Å²) in [4.78, 5) is 17.2. The molecule has 3 N–H and O–H groups in total. The second kappa shape index (κ2) is 6.49. The van der Waals surface area contributed by atoms with Crippen LogP contribution in [0, 0.1) is 0 Å². The summed E-state index contributed by atoms with van der Waals surface area (Å²) in [5, 5.41) is 0. The number of benzene rings is 1. The summed E-state index contributed by atoms with van der Waals surface area (Å²) >= 11 is 0. The number of nitrogens with two attached hydrogens (primary N) is 1. The number of carbonyl (C=O) groups is 1. The van der Waals surface area contributed by atoms with E-state index in [2.05, 4.69) is 5.48 Å². The van der Waals surface area contributed by atoms with Crippen LogP contribution in [0.5, 0.6) is 0 Å². The Kier molecular flexibility index (Phi) is 4.69. The number of amides is 1. The molecule has 98 valence electrons. The number of hydrogen-bond acceptors (Lipinski definition) is 4. The molecule has 0 aliphatic carbocycles. The second-order valence-electron chi connectivity index (χ2n) is 4.21. The molecule has 1 heterocycles. The van der Waals surface area contributed by atoms with Crippen molar-refractivity contribution in [2.75, 3.05) is 6.61 Å². The fourth-order valence-electron chi connectivity index (χ4n) is 1.90. The third-order valence-corrected chi connectivity index (χ3v) is 2.90. The Morgan fingerprint density at radius 1 is 1.44 bits per heavy atom. The van der Waals surface area contributed by atoms with E-state index < -0.39 is 0 Å². The minimum absolute atomic E-state index is 0.287. The van der Waals surface area contributed by atoms with E-state index >= 15 is 0 Å². The van der Waals surface area contributed by atoms with Gasteiger partial charge in [0.25, 0.3) is 5.91 Å². The molecule has 1 aliphatic rings. The minimum atomic E-state index is -0.340. The van der Waals surface area contributed by atoms with E-state index in [4.69, 9.17) is 15.3 Å². The molecule has 0 radical (unpaired) electrons. The maximum absolute atomic E-state index is 11.9. The highest BCUT2D eigenvalue weighted by molar-refractivity contribution is 5.94. The zero-order valence-corrected chi connectivity index (χ0v) is 10.2. The van der Waals surface area contributed by atoms with Crippen LogP contribution in [0.3, 0.4) is 0 Å². The molecular weight excluding hydrogens is 232 g/mol. The van der Waals surface area contributed by atoms with Crippen molar-refractivity contribution in [1.29, 1.82) is 0 Å². The molecule has 1 aromatic rings. The average Bonchev–Trinajstić information content (AvgIpc) is 2.45. The summed E-state index contributed by atoms with van der Waals surface area (Å²) in [6, 6.07) is 7.20. The minimum Gasteiger partial charge on any atom is -0.350 e. The van der Waals surface area contributed by atoms with Gasteiger partial charge in [0, 0.05) is 25.1 Å². The first-order chi connectivity index (χ1) is 8.81. The monoisotopic (exact) mass is 250 g/mol. The molecule has 1 amide bonds. The van der Waals surface area contributed by atoms with Gasteiger partial charge < -0.3 is 10.5 Å². The number of hydroxylamine groups is 1. The van der Waals surface area contributed by atoms with Crippen LogP contribution in [0.4, 0.5) is 0 Å². The Bertz CT molecular complexity index is 403. The Morgan fingerprint density at radius 3 is 3.00 bits per heavy atom. The van der Waals surface area contributed by atoms with Gasteiger partial charge in [0.2, 0.25) is 0 Å². The Hall–Kier alpha value is -1.43. The normalized spacial score (nSPS) is 19.5. The van der Waals surface area contributed by atoms with E-state index in [1.807, 2.05) is 12.1 Å². The molecule has 1 aromatic carbocycles. The molecule has 5 heteroatoms. The molecule has 0 bridgehead atoms. The Balaban J connectivity index is 1.90. The van der Waals surface area contributed by atoms with Crippen molar-refractivity contribution in [2.45, 2.75) is 32.1 Å². The Morgan fingerprint density at radius 2 is 2.28 bits per heavy atom. The van der Waals surface area contributed by atoms with Crippen LogP contribution in [-0.4, -0.2) is 18.8 Å². The molecule has 1 saturated heterocycles.